The minimum atomic E-state index is -4.81. The summed E-state index contributed by atoms with van der Waals surface area (Å²) in [4.78, 5) is 15.8. The molecule has 1 amide bonds. The Bertz CT molecular complexity index is 914. The van der Waals surface area contributed by atoms with Crippen molar-refractivity contribution >= 4 is 17.3 Å². The predicted molar refractivity (Wildman–Crippen MR) is 93.2 cm³/mol. The number of hydrogen-bond acceptors (Lipinski definition) is 4. The molecular formula is C18H16F5N4O2-. The molecule has 11 heteroatoms. The monoisotopic (exact) mass is 415 g/mol. The fourth-order valence-electron chi connectivity index (χ4n) is 2.77. The summed E-state index contributed by atoms with van der Waals surface area (Å²) in [5, 5.41) is 4.59. The molecule has 1 aliphatic rings. The van der Waals surface area contributed by atoms with Crippen LogP contribution in [0.5, 0.6) is 0 Å². The number of halogens is 5. The van der Waals surface area contributed by atoms with Gasteiger partial charge in [0.1, 0.15) is 11.6 Å². The second-order valence-electron chi connectivity index (χ2n) is 6.51. The van der Waals surface area contributed by atoms with E-state index in [0.29, 0.717) is 6.07 Å². The number of aromatic nitrogens is 1. The number of para-hydroxylation sites is 1. The molecule has 1 saturated heterocycles. The topological polar surface area (TPSA) is 87.1 Å². The Labute approximate surface area is 162 Å². The Morgan fingerprint density at radius 1 is 1.28 bits per heavy atom. The SMILES string of the molecule is [NH-]C1(C(=O)NCc2ncc(Nc3c(F)cccc3C(F)(F)F)cc2F)CCOC1. The number of carbonyl (C=O) groups is 1. The number of rotatable bonds is 5. The molecule has 6 nitrogen and oxygen atoms in total. The van der Waals surface area contributed by atoms with E-state index in [1.54, 1.807) is 0 Å². The van der Waals surface area contributed by atoms with Gasteiger partial charge in [0, 0.05) is 19.3 Å². The number of alkyl halides is 3. The van der Waals surface area contributed by atoms with Gasteiger partial charge in [-0.25, -0.2) is 8.78 Å². The number of hydrogen-bond donors (Lipinski definition) is 2. The van der Waals surface area contributed by atoms with Crippen LogP contribution in [0, 0.1) is 11.6 Å². The quantitative estimate of drug-likeness (QED) is 0.724. The molecule has 1 aromatic carbocycles. The van der Waals surface area contributed by atoms with Crippen molar-refractivity contribution < 1.29 is 31.5 Å². The van der Waals surface area contributed by atoms with Gasteiger partial charge in [0.05, 0.1) is 35.4 Å². The third kappa shape index (κ3) is 4.62. The lowest BCUT2D eigenvalue weighted by atomic mass is 9.99. The van der Waals surface area contributed by atoms with Gasteiger partial charge in [-0.3, -0.25) is 9.78 Å². The average molecular weight is 415 g/mol. The van der Waals surface area contributed by atoms with E-state index >= 15 is 0 Å². The van der Waals surface area contributed by atoms with Gasteiger partial charge < -0.3 is 21.1 Å². The maximum absolute atomic E-state index is 14.3. The standard InChI is InChI=1S/C18H16F5N4O2/c19-12-3-1-2-11(18(21,22)23)15(12)27-10-6-13(20)14(25-7-10)8-26-16(28)17(24)4-5-29-9-17/h1-3,6-7,24,27H,4-5,8-9H2,(H,26,28)/q-1. The molecule has 0 bridgehead atoms. The lowest BCUT2D eigenvalue weighted by Gasteiger charge is -2.30. The second kappa shape index (κ2) is 7.91. The minimum absolute atomic E-state index is 0.0677. The molecule has 29 heavy (non-hydrogen) atoms. The van der Waals surface area contributed by atoms with E-state index in [0.717, 1.165) is 24.4 Å². The maximum atomic E-state index is 14.3. The van der Waals surface area contributed by atoms with Gasteiger partial charge in [0.2, 0.25) is 5.91 Å². The van der Waals surface area contributed by atoms with Crippen molar-refractivity contribution in [1.29, 1.82) is 0 Å². The molecule has 2 heterocycles. The Kier molecular flexibility index (Phi) is 5.71. The highest BCUT2D eigenvalue weighted by Gasteiger charge is 2.35. The molecule has 0 aliphatic carbocycles. The summed E-state index contributed by atoms with van der Waals surface area (Å²) in [6.07, 6.45) is -3.58. The highest BCUT2D eigenvalue weighted by atomic mass is 19.4. The normalized spacial score (nSPS) is 19.2. The molecular weight excluding hydrogens is 399 g/mol. The number of carbonyl (C=O) groups excluding carboxylic acids is 1. The molecule has 1 fully saturated rings. The van der Waals surface area contributed by atoms with Crippen LogP contribution < -0.4 is 10.6 Å². The van der Waals surface area contributed by atoms with Gasteiger partial charge in [-0.1, -0.05) is 6.07 Å². The number of ether oxygens (including phenoxy) is 1. The zero-order valence-corrected chi connectivity index (χ0v) is 14.9. The summed E-state index contributed by atoms with van der Waals surface area (Å²) >= 11 is 0. The van der Waals surface area contributed by atoms with Crippen LogP contribution in [0.1, 0.15) is 17.7 Å². The fourth-order valence-corrected chi connectivity index (χ4v) is 2.77. The van der Waals surface area contributed by atoms with Gasteiger partial charge in [-0.2, -0.15) is 13.2 Å². The van der Waals surface area contributed by atoms with E-state index in [1.807, 2.05) is 0 Å². The van der Waals surface area contributed by atoms with Crippen LogP contribution in [0.15, 0.2) is 30.5 Å². The molecule has 0 spiro atoms. The Balaban J connectivity index is 1.73. The highest BCUT2D eigenvalue weighted by Crippen LogP contribution is 2.37. The number of nitrogens with zero attached hydrogens (tertiary/aromatic N) is 1. The summed E-state index contributed by atoms with van der Waals surface area (Å²) in [6.45, 7) is -0.110. The zero-order valence-electron chi connectivity index (χ0n) is 14.9. The van der Waals surface area contributed by atoms with E-state index in [2.05, 4.69) is 15.6 Å². The van der Waals surface area contributed by atoms with Crippen molar-refractivity contribution in [3.8, 4) is 0 Å². The first-order chi connectivity index (χ1) is 13.6. The lowest BCUT2D eigenvalue weighted by Crippen LogP contribution is -2.44. The molecule has 1 atom stereocenters. The minimum Gasteiger partial charge on any atom is -0.662 e. The van der Waals surface area contributed by atoms with Crippen LogP contribution in [0.25, 0.3) is 5.73 Å². The highest BCUT2D eigenvalue weighted by molar-refractivity contribution is 5.88. The summed E-state index contributed by atoms with van der Waals surface area (Å²) in [5.41, 5.74) is 4.05. The summed E-state index contributed by atoms with van der Waals surface area (Å²) in [6, 6.07) is 3.30. The van der Waals surface area contributed by atoms with Crippen LogP contribution in [-0.4, -0.2) is 29.6 Å². The number of amides is 1. The van der Waals surface area contributed by atoms with Crippen LogP contribution in [0.3, 0.4) is 0 Å². The Morgan fingerprint density at radius 3 is 2.66 bits per heavy atom. The molecule has 156 valence electrons. The van der Waals surface area contributed by atoms with E-state index in [1.165, 1.54) is 0 Å². The van der Waals surface area contributed by atoms with Crippen LogP contribution >= 0.6 is 0 Å². The first-order valence-electron chi connectivity index (χ1n) is 8.48. The molecule has 1 aliphatic heterocycles. The van der Waals surface area contributed by atoms with Crippen molar-refractivity contribution in [2.45, 2.75) is 24.7 Å². The number of benzene rings is 1. The number of anilines is 2. The van der Waals surface area contributed by atoms with Gasteiger partial charge in [0.25, 0.3) is 0 Å². The average Bonchev–Trinajstić information content (AvgIpc) is 3.09. The summed E-state index contributed by atoms with van der Waals surface area (Å²) in [7, 11) is 0. The van der Waals surface area contributed by atoms with Crippen LogP contribution in [0.2, 0.25) is 0 Å². The van der Waals surface area contributed by atoms with Crippen molar-refractivity contribution in [2.75, 3.05) is 18.5 Å². The van der Waals surface area contributed by atoms with E-state index in [-0.39, 0.29) is 37.6 Å². The van der Waals surface area contributed by atoms with Gasteiger partial charge in [0.15, 0.2) is 0 Å². The smallest absolute Gasteiger partial charge is 0.418 e. The van der Waals surface area contributed by atoms with Crippen LogP contribution in [0.4, 0.5) is 33.3 Å². The molecule has 3 rings (SSSR count). The Morgan fingerprint density at radius 2 is 2.03 bits per heavy atom. The summed E-state index contributed by atoms with van der Waals surface area (Å²) < 4.78 is 72.3. The molecule has 2 aromatic rings. The number of nitrogens with one attached hydrogen (secondary N) is 3. The second-order valence-corrected chi connectivity index (χ2v) is 6.51. The molecule has 0 radical (unpaired) electrons. The van der Waals surface area contributed by atoms with Gasteiger partial charge in [-0.05, 0) is 24.1 Å². The maximum Gasteiger partial charge on any atom is 0.418 e. The van der Waals surface area contributed by atoms with Crippen molar-refractivity contribution in [3.63, 3.8) is 0 Å². The van der Waals surface area contributed by atoms with E-state index in [9.17, 15) is 26.7 Å². The Hall–Kier alpha value is -2.79. The summed E-state index contributed by atoms with van der Waals surface area (Å²) in [5.74, 6) is -2.71. The van der Waals surface area contributed by atoms with Crippen LogP contribution in [-0.2, 0) is 22.3 Å². The third-order valence-electron chi connectivity index (χ3n) is 4.38. The van der Waals surface area contributed by atoms with Gasteiger partial charge >= 0.3 is 6.18 Å². The predicted octanol–water partition coefficient (Wildman–Crippen LogP) is 3.95. The van der Waals surface area contributed by atoms with Gasteiger partial charge in [-0.15, -0.1) is 0 Å². The molecule has 1 unspecified atom stereocenters. The van der Waals surface area contributed by atoms with Crippen molar-refractivity contribution in [1.82, 2.24) is 10.3 Å². The first-order valence-corrected chi connectivity index (χ1v) is 8.48. The lowest BCUT2D eigenvalue weighted by molar-refractivity contribution is -0.137. The van der Waals surface area contributed by atoms with Crippen molar-refractivity contribution in [3.05, 3.63) is 59.1 Å². The third-order valence-corrected chi connectivity index (χ3v) is 4.38. The van der Waals surface area contributed by atoms with Crippen molar-refractivity contribution in [2.24, 2.45) is 0 Å². The molecule has 3 N–H and O–H groups in total. The largest absolute Gasteiger partial charge is 0.662 e. The fraction of sp³-hybridized carbons (Fsp3) is 0.333. The first kappa shape index (κ1) is 20.9. The van der Waals surface area contributed by atoms with E-state index < -0.39 is 40.5 Å². The van der Waals surface area contributed by atoms with E-state index in [4.69, 9.17) is 10.5 Å². The molecule has 0 saturated carbocycles. The molecule has 1 aromatic heterocycles. The number of pyridine rings is 1. The zero-order chi connectivity index (χ0) is 21.2.